The van der Waals surface area contributed by atoms with Crippen molar-refractivity contribution in [3.05, 3.63) is 68.3 Å². The highest BCUT2D eigenvalue weighted by Gasteiger charge is 2.22. The van der Waals surface area contributed by atoms with Crippen molar-refractivity contribution in [2.24, 2.45) is 0 Å². The van der Waals surface area contributed by atoms with E-state index in [1.807, 2.05) is 0 Å². The Hall–Kier alpha value is -3.01. The lowest BCUT2D eigenvalue weighted by molar-refractivity contribution is -0.385. The average molecular weight is 337 g/mol. The molecule has 0 amide bonds. The Labute approximate surface area is 130 Å². The van der Waals surface area contributed by atoms with Crippen LogP contribution in [0.1, 0.15) is 5.56 Å². The number of aryl methyl sites for hydroxylation is 1. The van der Waals surface area contributed by atoms with Crippen molar-refractivity contribution in [3.63, 3.8) is 0 Å². The first-order chi connectivity index (χ1) is 10.7. The molecule has 0 saturated carbocycles. The van der Waals surface area contributed by atoms with Gasteiger partial charge in [-0.1, -0.05) is 12.1 Å². The van der Waals surface area contributed by atoms with Gasteiger partial charge in [0, 0.05) is 18.2 Å². The molecule has 0 saturated heterocycles. The van der Waals surface area contributed by atoms with Gasteiger partial charge < -0.3 is 0 Å². The van der Waals surface area contributed by atoms with Crippen molar-refractivity contribution in [1.29, 1.82) is 0 Å². The van der Waals surface area contributed by atoms with Gasteiger partial charge >= 0.3 is 0 Å². The molecule has 0 aliphatic rings. The van der Waals surface area contributed by atoms with E-state index >= 15 is 0 Å². The molecule has 0 heterocycles. The highest BCUT2D eigenvalue weighted by molar-refractivity contribution is 7.92. The predicted molar refractivity (Wildman–Crippen MR) is 81.7 cm³/mol. The summed E-state index contributed by atoms with van der Waals surface area (Å²) in [6.45, 7) is 1.63. The van der Waals surface area contributed by atoms with E-state index in [1.165, 1.54) is 24.3 Å². The Morgan fingerprint density at radius 2 is 1.70 bits per heavy atom. The molecule has 10 heteroatoms. The van der Waals surface area contributed by atoms with Crippen molar-refractivity contribution in [3.8, 4) is 0 Å². The van der Waals surface area contributed by atoms with E-state index < -0.39 is 31.2 Å². The van der Waals surface area contributed by atoms with Crippen LogP contribution < -0.4 is 4.72 Å². The summed E-state index contributed by atoms with van der Waals surface area (Å²) in [6.07, 6.45) is 0. The first-order valence-electron chi connectivity index (χ1n) is 6.23. The molecule has 0 atom stereocenters. The number of hydrogen-bond donors (Lipinski definition) is 1. The summed E-state index contributed by atoms with van der Waals surface area (Å²) in [5.41, 5.74) is -0.424. The minimum absolute atomic E-state index is 0.216. The molecule has 0 unspecified atom stereocenters. The van der Waals surface area contributed by atoms with Crippen molar-refractivity contribution in [2.75, 3.05) is 4.72 Å². The zero-order valence-electron chi connectivity index (χ0n) is 11.8. The molecule has 0 bridgehead atoms. The van der Waals surface area contributed by atoms with Crippen LogP contribution in [0.15, 0.2) is 47.4 Å². The molecular weight excluding hydrogens is 326 g/mol. The Kier molecular flexibility index (Phi) is 4.27. The topological polar surface area (TPSA) is 132 Å². The molecule has 0 aliphatic heterocycles. The summed E-state index contributed by atoms with van der Waals surface area (Å²) in [5.74, 6) is 0. The Morgan fingerprint density at radius 1 is 1.00 bits per heavy atom. The van der Waals surface area contributed by atoms with Crippen molar-refractivity contribution in [2.45, 2.75) is 11.8 Å². The molecule has 23 heavy (non-hydrogen) atoms. The summed E-state index contributed by atoms with van der Waals surface area (Å²) in [5, 5.41) is 21.7. The normalized spacial score (nSPS) is 11.0. The largest absolute Gasteiger partial charge is 0.293 e. The van der Waals surface area contributed by atoms with E-state index in [0.29, 0.717) is 5.56 Å². The van der Waals surface area contributed by atoms with Gasteiger partial charge in [-0.25, -0.2) is 8.42 Å². The molecule has 2 rings (SSSR count). The minimum atomic E-state index is -4.20. The van der Waals surface area contributed by atoms with Gasteiger partial charge in [0.15, 0.2) is 0 Å². The van der Waals surface area contributed by atoms with E-state index in [1.54, 1.807) is 6.92 Å². The zero-order valence-corrected chi connectivity index (χ0v) is 12.6. The number of sulfonamides is 1. The van der Waals surface area contributed by atoms with Gasteiger partial charge in [0.1, 0.15) is 5.69 Å². The predicted octanol–water partition coefficient (Wildman–Crippen LogP) is 2.61. The molecule has 0 spiro atoms. The van der Waals surface area contributed by atoms with Gasteiger partial charge in [0.05, 0.1) is 14.7 Å². The summed E-state index contributed by atoms with van der Waals surface area (Å²) < 4.78 is 26.6. The van der Waals surface area contributed by atoms with E-state index in [0.717, 1.165) is 18.2 Å². The lowest BCUT2D eigenvalue weighted by Crippen LogP contribution is -2.14. The quantitative estimate of drug-likeness (QED) is 0.658. The van der Waals surface area contributed by atoms with Crippen LogP contribution in [0.25, 0.3) is 0 Å². The van der Waals surface area contributed by atoms with E-state index in [2.05, 4.69) is 4.72 Å². The number of hydrogen-bond acceptors (Lipinski definition) is 6. The van der Waals surface area contributed by atoms with E-state index in [-0.39, 0.29) is 10.6 Å². The number of non-ortho nitro benzene ring substituents is 1. The van der Waals surface area contributed by atoms with Gasteiger partial charge in [-0.05, 0) is 24.6 Å². The Bertz CT molecular complexity index is 894. The number of nitro groups is 2. The van der Waals surface area contributed by atoms with Crippen molar-refractivity contribution in [1.82, 2.24) is 0 Å². The molecule has 0 aromatic heterocycles. The molecule has 120 valence electrons. The lowest BCUT2D eigenvalue weighted by Gasteiger charge is -2.09. The summed E-state index contributed by atoms with van der Waals surface area (Å²) >= 11 is 0. The summed E-state index contributed by atoms with van der Waals surface area (Å²) in [6, 6.07) is 8.41. The maximum atomic E-state index is 12.3. The molecule has 1 N–H and O–H groups in total. The maximum Gasteiger partial charge on any atom is 0.293 e. The first kappa shape index (κ1) is 16.4. The maximum absolute atomic E-state index is 12.3. The SMILES string of the molecule is Cc1ccc(NS(=O)(=O)c2cccc([N+](=O)[O-])c2)c([N+](=O)[O-])c1. The van der Waals surface area contributed by atoms with Crippen molar-refractivity contribution < 1.29 is 18.3 Å². The molecule has 0 radical (unpaired) electrons. The fourth-order valence-corrected chi connectivity index (χ4v) is 2.96. The Balaban J connectivity index is 2.45. The number of rotatable bonds is 5. The van der Waals surface area contributed by atoms with Crippen molar-refractivity contribution >= 4 is 27.1 Å². The smallest absolute Gasteiger partial charge is 0.273 e. The number of benzene rings is 2. The highest BCUT2D eigenvalue weighted by Crippen LogP contribution is 2.28. The Morgan fingerprint density at radius 3 is 2.30 bits per heavy atom. The second-order valence-electron chi connectivity index (χ2n) is 4.64. The van der Waals surface area contributed by atoms with Gasteiger partial charge in [0.25, 0.3) is 21.4 Å². The third kappa shape index (κ3) is 3.61. The standard InChI is InChI=1S/C13H11N3O6S/c1-9-5-6-12(13(7-9)16(19)20)14-23(21,22)11-4-2-3-10(8-11)15(17)18/h2-8,14H,1H3. The molecule has 2 aromatic rings. The van der Waals surface area contributed by atoms with Crippen LogP contribution in [0.3, 0.4) is 0 Å². The van der Waals surface area contributed by atoms with Gasteiger partial charge in [-0.3, -0.25) is 25.0 Å². The molecule has 2 aromatic carbocycles. The summed E-state index contributed by atoms with van der Waals surface area (Å²) in [4.78, 5) is 19.9. The lowest BCUT2D eigenvalue weighted by atomic mass is 10.2. The van der Waals surface area contributed by atoms with Crippen LogP contribution in [-0.4, -0.2) is 18.3 Å². The third-order valence-corrected chi connectivity index (χ3v) is 4.30. The molecular formula is C13H11N3O6S. The number of anilines is 1. The first-order valence-corrected chi connectivity index (χ1v) is 7.71. The van der Waals surface area contributed by atoms with Gasteiger partial charge in [0.2, 0.25) is 0 Å². The van der Waals surface area contributed by atoms with Crippen LogP contribution >= 0.6 is 0 Å². The fourth-order valence-electron chi connectivity index (χ4n) is 1.85. The minimum Gasteiger partial charge on any atom is -0.273 e. The van der Waals surface area contributed by atoms with Crippen LogP contribution in [0.2, 0.25) is 0 Å². The fraction of sp³-hybridized carbons (Fsp3) is 0.0769. The van der Waals surface area contributed by atoms with Crippen LogP contribution in [-0.2, 0) is 10.0 Å². The monoisotopic (exact) mass is 337 g/mol. The number of nitro benzene ring substituents is 2. The third-order valence-electron chi connectivity index (χ3n) is 2.93. The molecule has 0 aliphatic carbocycles. The molecule has 0 fully saturated rings. The van der Waals surface area contributed by atoms with E-state index in [4.69, 9.17) is 0 Å². The van der Waals surface area contributed by atoms with Crippen LogP contribution in [0.5, 0.6) is 0 Å². The number of nitrogens with zero attached hydrogens (tertiary/aromatic N) is 2. The zero-order chi connectivity index (χ0) is 17.2. The second-order valence-corrected chi connectivity index (χ2v) is 6.32. The second kappa shape index (κ2) is 6.01. The van der Waals surface area contributed by atoms with Gasteiger partial charge in [-0.2, -0.15) is 0 Å². The van der Waals surface area contributed by atoms with E-state index in [9.17, 15) is 28.6 Å². The number of nitrogens with one attached hydrogen (secondary N) is 1. The highest BCUT2D eigenvalue weighted by atomic mass is 32.2. The molecule has 9 nitrogen and oxygen atoms in total. The summed E-state index contributed by atoms with van der Waals surface area (Å²) in [7, 11) is -4.20. The average Bonchev–Trinajstić information content (AvgIpc) is 2.48. The van der Waals surface area contributed by atoms with Crippen LogP contribution in [0, 0.1) is 27.2 Å². The van der Waals surface area contributed by atoms with Crippen LogP contribution in [0.4, 0.5) is 17.1 Å². The van der Waals surface area contributed by atoms with Gasteiger partial charge in [-0.15, -0.1) is 0 Å².